The van der Waals surface area contributed by atoms with Gasteiger partial charge in [0.25, 0.3) is 5.91 Å². The summed E-state index contributed by atoms with van der Waals surface area (Å²) in [4.78, 5) is 17.4. The van der Waals surface area contributed by atoms with Gasteiger partial charge in [0.1, 0.15) is 0 Å². The van der Waals surface area contributed by atoms with E-state index < -0.39 is 11.7 Å². The fraction of sp³-hybridized carbons (Fsp3) is 0.0769. The van der Waals surface area contributed by atoms with Crippen molar-refractivity contribution in [2.45, 2.75) is 0 Å². The number of carbonyl (C=O) groups excluding carboxylic acids is 1. The Morgan fingerprint density at radius 3 is 2.50 bits per heavy atom. The Kier molecular flexibility index (Phi) is 3.14. The molecule has 1 aromatic heterocycles. The van der Waals surface area contributed by atoms with Crippen LogP contribution in [-0.4, -0.2) is 28.2 Å². The predicted molar refractivity (Wildman–Crippen MR) is 66.7 cm³/mol. The van der Waals surface area contributed by atoms with Gasteiger partial charge in [-0.1, -0.05) is 6.07 Å². The highest BCUT2D eigenvalue weighted by molar-refractivity contribution is 6.07. The largest absolute Gasteiger partial charge is 0.504 e. The van der Waals surface area contributed by atoms with E-state index in [4.69, 9.17) is 0 Å². The van der Waals surface area contributed by atoms with Gasteiger partial charge in [-0.15, -0.1) is 0 Å². The molecule has 2 aromatic rings. The molecule has 0 spiro atoms. The van der Waals surface area contributed by atoms with Crippen LogP contribution in [0.4, 0.5) is 5.69 Å². The molecule has 0 aliphatic rings. The van der Waals surface area contributed by atoms with Gasteiger partial charge >= 0.3 is 0 Å². The van der Waals surface area contributed by atoms with Crippen LogP contribution in [0.2, 0.25) is 0 Å². The average molecular weight is 244 g/mol. The Labute approximate surface area is 104 Å². The number of nitrogens with zero attached hydrogens (tertiary/aromatic N) is 2. The fourth-order valence-electron chi connectivity index (χ4n) is 1.57. The lowest BCUT2D eigenvalue weighted by atomic mass is 10.1. The first-order chi connectivity index (χ1) is 8.61. The van der Waals surface area contributed by atoms with Gasteiger partial charge in [-0.2, -0.15) is 0 Å². The lowest BCUT2D eigenvalue weighted by molar-refractivity contribution is 0.0990. The number of pyridine rings is 1. The number of phenolic OH excluding ortho intramolecular Hbond substituents is 2. The third-order valence-electron chi connectivity index (χ3n) is 2.60. The molecule has 1 aromatic carbocycles. The molecule has 0 fully saturated rings. The summed E-state index contributed by atoms with van der Waals surface area (Å²) in [6.45, 7) is 0. The Morgan fingerprint density at radius 1 is 1.17 bits per heavy atom. The molecule has 2 rings (SSSR count). The molecule has 0 aliphatic carbocycles. The lowest BCUT2D eigenvalue weighted by Crippen LogP contribution is -2.26. The second-order valence-corrected chi connectivity index (χ2v) is 3.74. The molecule has 5 heteroatoms. The maximum Gasteiger partial charge on any atom is 0.261 e. The molecule has 5 nitrogen and oxygen atoms in total. The molecule has 0 bridgehead atoms. The predicted octanol–water partition coefficient (Wildman–Crippen LogP) is 1.77. The third-order valence-corrected chi connectivity index (χ3v) is 2.60. The molecule has 0 atom stereocenters. The van der Waals surface area contributed by atoms with Crippen LogP contribution in [0, 0.1) is 0 Å². The topological polar surface area (TPSA) is 73.7 Å². The van der Waals surface area contributed by atoms with Crippen molar-refractivity contribution in [3.8, 4) is 11.5 Å². The lowest BCUT2D eigenvalue weighted by Gasteiger charge is -2.17. The maximum absolute atomic E-state index is 12.2. The van der Waals surface area contributed by atoms with Crippen LogP contribution in [0.15, 0.2) is 42.7 Å². The molecule has 18 heavy (non-hydrogen) atoms. The van der Waals surface area contributed by atoms with Gasteiger partial charge in [0, 0.05) is 25.1 Å². The van der Waals surface area contributed by atoms with Crippen molar-refractivity contribution in [3.05, 3.63) is 48.3 Å². The summed E-state index contributed by atoms with van der Waals surface area (Å²) in [5, 5.41) is 19.0. The van der Waals surface area contributed by atoms with Crippen molar-refractivity contribution in [2.24, 2.45) is 0 Å². The first-order valence-corrected chi connectivity index (χ1v) is 5.30. The quantitative estimate of drug-likeness (QED) is 0.789. The van der Waals surface area contributed by atoms with Crippen LogP contribution in [-0.2, 0) is 0 Å². The Morgan fingerprint density at radius 2 is 1.83 bits per heavy atom. The van der Waals surface area contributed by atoms with Crippen molar-refractivity contribution in [1.82, 2.24) is 4.98 Å². The van der Waals surface area contributed by atoms with Crippen LogP contribution in [0.5, 0.6) is 11.5 Å². The number of aromatic nitrogens is 1. The van der Waals surface area contributed by atoms with E-state index in [-0.39, 0.29) is 11.3 Å². The summed E-state index contributed by atoms with van der Waals surface area (Å²) < 4.78 is 0. The SMILES string of the molecule is CN(C(=O)c1cccc(O)c1O)c1ccncc1. The van der Waals surface area contributed by atoms with Gasteiger partial charge in [-0.25, -0.2) is 0 Å². The van der Waals surface area contributed by atoms with Gasteiger partial charge in [-0.05, 0) is 24.3 Å². The number of aromatic hydroxyl groups is 2. The number of hydrogen-bond donors (Lipinski definition) is 2. The molecule has 92 valence electrons. The summed E-state index contributed by atoms with van der Waals surface area (Å²) in [7, 11) is 1.58. The van der Waals surface area contributed by atoms with Gasteiger partial charge < -0.3 is 15.1 Å². The van der Waals surface area contributed by atoms with E-state index in [2.05, 4.69) is 4.98 Å². The second kappa shape index (κ2) is 4.75. The van der Waals surface area contributed by atoms with Crippen LogP contribution in [0.1, 0.15) is 10.4 Å². The van der Waals surface area contributed by atoms with Crippen molar-refractivity contribution in [1.29, 1.82) is 0 Å². The Balaban J connectivity index is 2.35. The normalized spacial score (nSPS) is 10.1. The zero-order chi connectivity index (χ0) is 13.1. The Bertz CT molecular complexity index is 570. The maximum atomic E-state index is 12.2. The molecule has 2 N–H and O–H groups in total. The van der Waals surface area contributed by atoms with Gasteiger partial charge in [0.15, 0.2) is 11.5 Å². The molecule has 1 amide bonds. The molecule has 1 heterocycles. The highest BCUT2D eigenvalue weighted by atomic mass is 16.3. The monoisotopic (exact) mass is 244 g/mol. The summed E-state index contributed by atoms with van der Waals surface area (Å²) >= 11 is 0. The zero-order valence-electron chi connectivity index (χ0n) is 9.74. The highest BCUT2D eigenvalue weighted by Crippen LogP contribution is 2.29. The van der Waals surface area contributed by atoms with Crippen LogP contribution < -0.4 is 4.90 Å². The van der Waals surface area contributed by atoms with Crippen LogP contribution in [0.3, 0.4) is 0 Å². The third kappa shape index (κ3) is 2.10. The zero-order valence-corrected chi connectivity index (χ0v) is 9.74. The fourth-order valence-corrected chi connectivity index (χ4v) is 1.57. The van der Waals surface area contributed by atoms with E-state index in [1.165, 1.54) is 23.1 Å². The van der Waals surface area contributed by atoms with Crippen LogP contribution in [0.25, 0.3) is 0 Å². The molecule has 0 radical (unpaired) electrons. The average Bonchev–Trinajstić information content (AvgIpc) is 2.41. The highest BCUT2D eigenvalue weighted by Gasteiger charge is 2.18. The molecular formula is C13H12N2O3. The standard InChI is InChI=1S/C13H12N2O3/c1-15(9-5-7-14-8-6-9)13(18)10-3-2-4-11(16)12(10)17/h2-8,16-17H,1H3. The summed E-state index contributed by atoms with van der Waals surface area (Å²) in [6.07, 6.45) is 3.14. The minimum Gasteiger partial charge on any atom is -0.504 e. The number of phenols is 2. The van der Waals surface area contributed by atoms with Crippen molar-refractivity contribution in [2.75, 3.05) is 11.9 Å². The number of rotatable bonds is 2. The van der Waals surface area contributed by atoms with Gasteiger partial charge in [0.2, 0.25) is 0 Å². The van der Waals surface area contributed by atoms with E-state index in [1.54, 1.807) is 31.6 Å². The van der Waals surface area contributed by atoms with E-state index >= 15 is 0 Å². The van der Waals surface area contributed by atoms with Crippen LogP contribution >= 0.6 is 0 Å². The molecule has 0 unspecified atom stereocenters. The molecule has 0 saturated carbocycles. The van der Waals surface area contributed by atoms with Gasteiger partial charge in [-0.3, -0.25) is 9.78 Å². The van der Waals surface area contributed by atoms with Crippen molar-refractivity contribution < 1.29 is 15.0 Å². The Hall–Kier alpha value is -2.56. The molecule has 0 saturated heterocycles. The van der Waals surface area contributed by atoms with Crippen molar-refractivity contribution in [3.63, 3.8) is 0 Å². The number of para-hydroxylation sites is 1. The van der Waals surface area contributed by atoms with Crippen molar-refractivity contribution >= 4 is 11.6 Å². The first-order valence-electron chi connectivity index (χ1n) is 5.30. The summed E-state index contributed by atoms with van der Waals surface area (Å²) in [5.41, 5.74) is 0.701. The number of amides is 1. The number of anilines is 1. The van der Waals surface area contributed by atoms with Gasteiger partial charge in [0.05, 0.1) is 5.56 Å². The minimum atomic E-state index is -0.414. The second-order valence-electron chi connectivity index (χ2n) is 3.74. The molecule has 0 aliphatic heterocycles. The minimum absolute atomic E-state index is 0.0503. The smallest absolute Gasteiger partial charge is 0.261 e. The number of benzene rings is 1. The number of hydrogen-bond acceptors (Lipinski definition) is 4. The first kappa shape index (κ1) is 11.9. The summed E-state index contributed by atoms with van der Waals surface area (Å²) in [5.74, 6) is -1.14. The molecular weight excluding hydrogens is 232 g/mol. The van der Waals surface area contributed by atoms with E-state index in [0.717, 1.165) is 0 Å². The van der Waals surface area contributed by atoms with E-state index in [0.29, 0.717) is 5.69 Å². The summed E-state index contributed by atoms with van der Waals surface area (Å²) in [6, 6.07) is 7.63. The van der Waals surface area contributed by atoms with E-state index in [1.807, 2.05) is 0 Å². The number of carbonyl (C=O) groups is 1. The van der Waals surface area contributed by atoms with E-state index in [9.17, 15) is 15.0 Å².